The van der Waals surface area contributed by atoms with Crippen LogP contribution in [0, 0.1) is 0 Å². The predicted octanol–water partition coefficient (Wildman–Crippen LogP) is 1.80. The maximum atomic E-state index is 12.3. The summed E-state index contributed by atoms with van der Waals surface area (Å²) in [4.78, 5) is 44.9. The number of benzene rings is 2. The van der Waals surface area contributed by atoms with E-state index in [9.17, 15) is 19.2 Å². The van der Waals surface area contributed by atoms with Gasteiger partial charge in [0.15, 0.2) is 11.1 Å². The molecule has 2 aliphatic rings. The van der Waals surface area contributed by atoms with Gasteiger partial charge in [-0.1, -0.05) is 60.7 Å². The molecule has 2 heterocycles. The van der Waals surface area contributed by atoms with E-state index in [0.717, 1.165) is 11.1 Å². The number of imide groups is 2. The molecular formula is C20H19N3O5. The van der Waals surface area contributed by atoms with E-state index in [4.69, 9.17) is 0 Å². The fraction of sp³-hybridized carbons (Fsp3) is 0.200. The molecule has 28 heavy (non-hydrogen) atoms. The molecule has 0 bridgehead atoms. The minimum Gasteiger partial charge on any atom is -0.433 e. The zero-order chi connectivity index (χ0) is 20.4. The molecule has 0 unspecified atom stereocenters. The van der Waals surface area contributed by atoms with Crippen molar-refractivity contribution >= 4 is 23.9 Å². The van der Waals surface area contributed by atoms with Crippen LogP contribution < -0.4 is 16.0 Å². The van der Waals surface area contributed by atoms with Gasteiger partial charge in [0.2, 0.25) is 0 Å². The van der Waals surface area contributed by atoms with Gasteiger partial charge in [-0.3, -0.25) is 20.2 Å². The van der Waals surface area contributed by atoms with Gasteiger partial charge in [-0.05, 0) is 25.0 Å². The average Bonchev–Trinajstić information content (AvgIpc) is 3.10. The second-order valence-electron chi connectivity index (χ2n) is 6.74. The summed E-state index contributed by atoms with van der Waals surface area (Å²) in [5.74, 6) is -0.734. The quantitative estimate of drug-likeness (QED) is 0.687. The number of nitrogens with one attached hydrogen (secondary N) is 3. The van der Waals surface area contributed by atoms with Gasteiger partial charge < -0.3 is 10.1 Å². The van der Waals surface area contributed by atoms with Crippen molar-refractivity contribution in [1.82, 2.24) is 16.0 Å². The fourth-order valence-electron chi connectivity index (χ4n) is 2.95. The third-order valence-corrected chi connectivity index (χ3v) is 4.39. The van der Waals surface area contributed by atoms with Crippen LogP contribution in [-0.4, -0.2) is 29.5 Å². The highest BCUT2D eigenvalue weighted by Crippen LogP contribution is 2.32. The monoisotopic (exact) mass is 381 g/mol. The molecule has 3 N–H and O–H groups in total. The Labute approximate surface area is 161 Å². The van der Waals surface area contributed by atoms with Gasteiger partial charge >= 0.3 is 12.1 Å². The molecule has 0 radical (unpaired) electrons. The summed E-state index contributed by atoms with van der Waals surface area (Å²) in [7, 11) is 0. The molecule has 0 aromatic heterocycles. The molecule has 0 atom stereocenters. The van der Waals surface area contributed by atoms with Gasteiger partial charge in [-0.15, -0.1) is 0 Å². The van der Waals surface area contributed by atoms with Crippen LogP contribution in [0.25, 0.3) is 0 Å². The number of alkyl carbamates (subject to hydrolysis) is 1. The summed E-state index contributed by atoms with van der Waals surface area (Å²) in [6.07, 6.45) is -0.662. The lowest BCUT2D eigenvalue weighted by Crippen LogP contribution is -2.44. The third-order valence-electron chi connectivity index (χ3n) is 4.39. The number of rotatable bonds is 2. The number of ether oxygens (including phenoxy) is 1. The summed E-state index contributed by atoms with van der Waals surface area (Å²) in [5.41, 5.74) is -0.634. The maximum Gasteiger partial charge on any atom is 0.415 e. The van der Waals surface area contributed by atoms with Crippen LogP contribution in [0.2, 0.25) is 0 Å². The molecule has 4 rings (SSSR count). The molecular weight excluding hydrogens is 362 g/mol. The largest absolute Gasteiger partial charge is 0.433 e. The SMILES string of the molecule is CC1(C)OC(=O)NC1=O.O=C1NC(=O)C(c2ccccc2)(c2ccccc2)N1. The Morgan fingerprint density at radius 3 is 1.50 bits per heavy atom. The number of carbonyl (C=O) groups excluding carboxylic acids is 4. The summed E-state index contributed by atoms with van der Waals surface area (Å²) < 4.78 is 4.56. The normalized spacial score (nSPS) is 18.9. The molecule has 8 heteroatoms. The van der Waals surface area contributed by atoms with Gasteiger partial charge in [-0.2, -0.15) is 0 Å². The van der Waals surface area contributed by atoms with Crippen molar-refractivity contribution in [3.8, 4) is 0 Å². The van der Waals surface area contributed by atoms with Gasteiger partial charge in [0.1, 0.15) is 0 Å². The van der Waals surface area contributed by atoms with Crippen molar-refractivity contribution in [3.05, 3.63) is 71.8 Å². The van der Waals surface area contributed by atoms with Crippen molar-refractivity contribution in [2.45, 2.75) is 25.0 Å². The number of urea groups is 1. The second-order valence-corrected chi connectivity index (χ2v) is 6.74. The van der Waals surface area contributed by atoms with E-state index in [1.165, 1.54) is 13.8 Å². The Balaban J connectivity index is 0.000000211. The number of carbonyl (C=O) groups is 4. The zero-order valence-electron chi connectivity index (χ0n) is 15.3. The molecule has 5 amide bonds. The van der Waals surface area contributed by atoms with Crippen LogP contribution in [-0.2, 0) is 19.9 Å². The minimum atomic E-state index is -1.14. The van der Waals surface area contributed by atoms with E-state index in [1.807, 2.05) is 66.0 Å². The van der Waals surface area contributed by atoms with E-state index in [0.29, 0.717) is 0 Å². The lowest BCUT2D eigenvalue weighted by atomic mass is 9.83. The van der Waals surface area contributed by atoms with Crippen LogP contribution in [0.3, 0.4) is 0 Å². The first-order chi connectivity index (χ1) is 13.3. The fourth-order valence-corrected chi connectivity index (χ4v) is 2.95. The molecule has 2 fully saturated rings. The first-order valence-corrected chi connectivity index (χ1v) is 8.55. The summed E-state index contributed by atoms with van der Waals surface area (Å²) in [6, 6.07) is 18.0. The Morgan fingerprint density at radius 1 is 0.714 bits per heavy atom. The Kier molecular flexibility index (Phi) is 4.87. The van der Waals surface area contributed by atoms with E-state index in [1.54, 1.807) is 0 Å². The Hall–Kier alpha value is -3.68. The van der Waals surface area contributed by atoms with Crippen molar-refractivity contribution in [2.75, 3.05) is 0 Å². The average molecular weight is 381 g/mol. The lowest BCUT2D eigenvalue weighted by Gasteiger charge is -2.27. The smallest absolute Gasteiger partial charge is 0.415 e. The molecule has 0 aliphatic carbocycles. The molecule has 2 aliphatic heterocycles. The van der Waals surface area contributed by atoms with Crippen LogP contribution in [0.1, 0.15) is 25.0 Å². The third kappa shape index (κ3) is 3.44. The van der Waals surface area contributed by atoms with Crippen LogP contribution in [0.4, 0.5) is 9.59 Å². The van der Waals surface area contributed by atoms with Crippen LogP contribution >= 0.6 is 0 Å². The van der Waals surface area contributed by atoms with E-state index in [2.05, 4.69) is 15.4 Å². The molecule has 2 saturated heterocycles. The summed E-state index contributed by atoms with van der Waals surface area (Å²) in [6.45, 7) is 3.07. The number of hydrogen-bond acceptors (Lipinski definition) is 5. The van der Waals surface area contributed by atoms with Gasteiger partial charge in [0, 0.05) is 0 Å². The van der Waals surface area contributed by atoms with Crippen LogP contribution in [0.5, 0.6) is 0 Å². The van der Waals surface area contributed by atoms with Gasteiger partial charge in [-0.25, -0.2) is 9.59 Å². The number of cyclic esters (lactones) is 1. The van der Waals surface area contributed by atoms with E-state index in [-0.39, 0.29) is 11.8 Å². The topological polar surface area (TPSA) is 114 Å². The van der Waals surface area contributed by atoms with Gasteiger partial charge in [0.25, 0.3) is 11.8 Å². The van der Waals surface area contributed by atoms with Crippen molar-refractivity contribution in [3.63, 3.8) is 0 Å². The standard InChI is InChI=1S/C15H12N2O2.C5H7NO3/c18-13-15(17-14(19)16-13,11-7-3-1-4-8-11)12-9-5-2-6-10-12;1-5(2)3(7)6-4(8)9-5/h1-10H,(H2,16,17,18,19);1-2H3,(H,6,7,8). The molecule has 2 aromatic carbocycles. The van der Waals surface area contributed by atoms with Crippen molar-refractivity contribution in [2.24, 2.45) is 0 Å². The highest BCUT2D eigenvalue weighted by atomic mass is 16.6. The molecule has 8 nitrogen and oxygen atoms in total. The highest BCUT2D eigenvalue weighted by Gasteiger charge is 2.49. The Bertz CT molecular complexity index is 886. The number of hydrogen-bond donors (Lipinski definition) is 3. The lowest BCUT2D eigenvalue weighted by molar-refractivity contribution is -0.128. The van der Waals surface area contributed by atoms with E-state index < -0.39 is 23.3 Å². The summed E-state index contributed by atoms with van der Waals surface area (Å²) >= 11 is 0. The van der Waals surface area contributed by atoms with Gasteiger partial charge in [0.05, 0.1) is 0 Å². The van der Waals surface area contributed by atoms with Crippen LogP contribution in [0.15, 0.2) is 60.7 Å². The molecule has 2 aromatic rings. The number of amides is 5. The first-order valence-electron chi connectivity index (χ1n) is 8.55. The first kappa shape index (κ1) is 19.1. The predicted molar refractivity (Wildman–Crippen MR) is 99.0 cm³/mol. The van der Waals surface area contributed by atoms with Crippen molar-refractivity contribution < 1.29 is 23.9 Å². The maximum absolute atomic E-state index is 12.3. The molecule has 0 spiro atoms. The highest BCUT2D eigenvalue weighted by molar-refractivity contribution is 6.09. The minimum absolute atomic E-state index is 0.352. The zero-order valence-corrected chi connectivity index (χ0v) is 15.3. The van der Waals surface area contributed by atoms with E-state index >= 15 is 0 Å². The molecule has 144 valence electrons. The Morgan fingerprint density at radius 2 is 1.21 bits per heavy atom. The summed E-state index contributed by atoms with van der Waals surface area (Å²) in [5, 5.41) is 7.07. The second kappa shape index (κ2) is 7.15. The van der Waals surface area contributed by atoms with Crippen molar-refractivity contribution in [1.29, 1.82) is 0 Å². The molecule has 0 saturated carbocycles.